The summed E-state index contributed by atoms with van der Waals surface area (Å²) in [6.45, 7) is 3.03. The molecule has 3 aromatic rings. The highest BCUT2D eigenvalue weighted by Crippen LogP contribution is 2.35. The lowest BCUT2D eigenvalue weighted by atomic mass is 10.1. The summed E-state index contributed by atoms with van der Waals surface area (Å²) in [5.74, 6) is 1.27. The van der Waals surface area contributed by atoms with Crippen LogP contribution in [0.1, 0.15) is 10.6 Å². The number of hydrogen-bond acceptors (Lipinski definition) is 5. The zero-order valence-corrected chi connectivity index (χ0v) is 17.0. The van der Waals surface area contributed by atoms with Gasteiger partial charge in [0.05, 0.1) is 17.1 Å². The van der Waals surface area contributed by atoms with Gasteiger partial charge < -0.3 is 14.8 Å². The highest BCUT2D eigenvalue weighted by atomic mass is 79.9. The number of aromatic nitrogens is 1. The highest BCUT2D eigenvalue weighted by Gasteiger charge is 2.16. The van der Waals surface area contributed by atoms with Gasteiger partial charge in [0.25, 0.3) is 0 Å². The molecule has 1 aliphatic heterocycles. The van der Waals surface area contributed by atoms with Gasteiger partial charge in [0, 0.05) is 21.1 Å². The van der Waals surface area contributed by atoms with Gasteiger partial charge in [-0.15, -0.1) is 11.3 Å². The predicted molar refractivity (Wildman–Crippen MR) is 110 cm³/mol. The Morgan fingerprint density at radius 3 is 2.74 bits per heavy atom. The van der Waals surface area contributed by atoms with Crippen molar-refractivity contribution < 1.29 is 14.3 Å². The molecule has 27 heavy (non-hydrogen) atoms. The van der Waals surface area contributed by atoms with Crippen LogP contribution in [0, 0.1) is 6.92 Å². The van der Waals surface area contributed by atoms with Crippen LogP contribution in [0.15, 0.2) is 46.3 Å². The van der Waals surface area contributed by atoms with Gasteiger partial charge in [-0.3, -0.25) is 4.79 Å². The Labute approximate surface area is 169 Å². The summed E-state index contributed by atoms with van der Waals surface area (Å²) in [7, 11) is 0. The fraction of sp³-hybridized carbons (Fsp3) is 0.200. The molecule has 1 aromatic heterocycles. The average molecular weight is 445 g/mol. The zero-order chi connectivity index (χ0) is 18.8. The van der Waals surface area contributed by atoms with E-state index in [2.05, 4.69) is 26.2 Å². The molecule has 2 heterocycles. The van der Waals surface area contributed by atoms with Crippen LogP contribution < -0.4 is 14.8 Å². The topological polar surface area (TPSA) is 60.5 Å². The van der Waals surface area contributed by atoms with Crippen molar-refractivity contribution in [2.45, 2.75) is 13.3 Å². The van der Waals surface area contributed by atoms with Crippen LogP contribution in [-0.4, -0.2) is 24.1 Å². The second-order valence-corrected chi connectivity index (χ2v) is 8.06. The van der Waals surface area contributed by atoms with Crippen molar-refractivity contribution in [1.29, 1.82) is 0 Å². The number of nitrogens with zero attached hydrogens (tertiary/aromatic N) is 1. The van der Waals surface area contributed by atoms with Crippen molar-refractivity contribution in [2.75, 3.05) is 18.5 Å². The van der Waals surface area contributed by atoms with E-state index in [1.165, 1.54) is 0 Å². The van der Waals surface area contributed by atoms with Gasteiger partial charge >= 0.3 is 0 Å². The maximum Gasteiger partial charge on any atom is 0.228 e. The van der Waals surface area contributed by atoms with Gasteiger partial charge in [-0.05, 0) is 36.8 Å². The molecule has 0 spiro atoms. The molecule has 1 amide bonds. The van der Waals surface area contributed by atoms with E-state index in [0.717, 1.165) is 32.0 Å². The Hall–Kier alpha value is -2.38. The van der Waals surface area contributed by atoms with E-state index in [0.29, 0.717) is 24.7 Å². The Bertz CT molecular complexity index is 1000. The van der Waals surface area contributed by atoms with Crippen LogP contribution in [0.4, 0.5) is 5.69 Å². The maximum absolute atomic E-state index is 12.5. The number of carbonyl (C=O) groups is 1. The monoisotopic (exact) mass is 444 g/mol. The Morgan fingerprint density at radius 2 is 2.00 bits per heavy atom. The van der Waals surface area contributed by atoms with Crippen molar-refractivity contribution in [3.8, 4) is 22.8 Å². The summed E-state index contributed by atoms with van der Waals surface area (Å²) in [5, 5.41) is 5.99. The van der Waals surface area contributed by atoms with Gasteiger partial charge in [-0.25, -0.2) is 4.98 Å². The van der Waals surface area contributed by atoms with Crippen LogP contribution in [0.25, 0.3) is 11.3 Å². The van der Waals surface area contributed by atoms with E-state index in [1.54, 1.807) is 11.3 Å². The standard InChI is InChI=1S/C20H17BrN2O3S/c1-12-22-17(11-27-12)13-3-2-4-15(7-13)23-20(24)9-14-8-18-19(10-16(14)21)26-6-5-25-18/h2-4,7-8,10-11H,5-6,9H2,1H3,(H,23,24). The molecule has 0 fully saturated rings. The molecule has 1 N–H and O–H groups in total. The van der Waals surface area contributed by atoms with Crippen molar-refractivity contribution in [2.24, 2.45) is 0 Å². The van der Waals surface area contributed by atoms with Crippen molar-refractivity contribution in [1.82, 2.24) is 4.98 Å². The molecule has 2 aromatic carbocycles. The normalized spacial score (nSPS) is 12.7. The third kappa shape index (κ3) is 4.14. The molecule has 0 aliphatic carbocycles. The fourth-order valence-corrected chi connectivity index (χ4v) is 3.96. The second-order valence-electron chi connectivity index (χ2n) is 6.14. The van der Waals surface area contributed by atoms with E-state index in [4.69, 9.17) is 9.47 Å². The van der Waals surface area contributed by atoms with E-state index >= 15 is 0 Å². The molecule has 0 bridgehead atoms. The van der Waals surface area contributed by atoms with Crippen molar-refractivity contribution >= 4 is 38.9 Å². The first-order chi connectivity index (χ1) is 13.1. The molecule has 0 unspecified atom stereocenters. The molecule has 0 atom stereocenters. The Morgan fingerprint density at radius 1 is 1.22 bits per heavy atom. The minimum atomic E-state index is -0.0982. The van der Waals surface area contributed by atoms with Gasteiger partial charge in [-0.2, -0.15) is 0 Å². The first-order valence-electron chi connectivity index (χ1n) is 8.49. The lowest BCUT2D eigenvalue weighted by Gasteiger charge is -2.19. The number of amides is 1. The van der Waals surface area contributed by atoms with E-state index in [-0.39, 0.29) is 12.3 Å². The lowest BCUT2D eigenvalue weighted by molar-refractivity contribution is -0.115. The number of carbonyl (C=O) groups excluding carboxylic acids is 1. The summed E-state index contributed by atoms with van der Waals surface area (Å²) in [6, 6.07) is 11.4. The van der Waals surface area contributed by atoms with E-state index in [9.17, 15) is 4.79 Å². The molecule has 5 nitrogen and oxygen atoms in total. The largest absolute Gasteiger partial charge is 0.486 e. The minimum absolute atomic E-state index is 0.0982. The number of nitrogens with one attached hydrogen (secondary N) is 1. The molecule has 0 saturated carbocycles. The van der Waals surface area contributed by atoms with Crippen LogP contribution >= 0.6 is 27.3 Å². The summed E-state index contributed by atoms with van der Waals surface area (Å²) in [4.78, 5) is 17.0. The molecule has 1 aliphatic rings. The number of thiazole rings is 1. The van der Waals surface area contributed by atoms with E-state index in [1.807, 2.05) is 48.7 Å². The van der Waals surface area contributed by atoms with Gasteiger partial charge in [-0.1, -0.05) is 28.1 Å². The summed E-state index contributed by atoms with van der Waals surface area (Å²) in [6.07, 6.45) is 0.233. The van der Waals surface area contributed by atoms with Crippen LogP contribution in [0.3, 0.4) is 0 Å². The van der Waals surface area contributed by atoms with E-state index < -0.39 is 0 Å². The van der Waals surface area contributed by atoms with Crippen LogP contribution in [0.5, 0.6) is 11.5 Å². The molecule has 4 rings (SSSR count). The van der Waals surface area contributed by atoms with Crippen molar-refractivity contribution in [3.05, 3.63) is 56.8 Å². The highest BCUT2D eigenvalue weighted by molar-refractivity contribution is 9.10. The number of fused-ring (bicyclic) bond motifs is 1. The quantitative estimate of drug-likeness (QED) is 0.625. The minimum Gasteiger partial charge on any atom is -0.486 e. The lowest BCUT2D eigenvalue weighted by Crippen LogP contribution is -2.17. The summed E-state index contributed by atoms with van der Waals surface area (Å²) in [5.41, 5.74) is 3.50. The number of rotatable bonds is 4. The zero-order valence-electron chi connectivity index (χ0n) is 14.6. The molecule has 7 heteroatoms. The molecule has 0 radical (unpaired) electrons. The Kier molecular flexibility index (Phi) is 5.13. The van der Waals surface area contributed by atoms with Gasteiger partial charge in [0.15, 0.2) is 11.5 Å². The number of anilines is 1. The number of aryl methyl sites for hydroxylation is 1. The first-order valence-corrected chi connectivity index (χ1v) is 10.2. The third-order valence-corrected chi connectivity index (χ3v) is 5.64. The predicted octanol–water partition coefficient (Wildman–Crippen LogP) is 4.83. The Balaban J connectivity index is 1.48. The molecule has 138 valence electrons. The fourth-order valence-electron chi connectivity index (χ4n) is 2.87. The number of halogens is 1. The molecule has 0 saturated heterocycles. The van der Waals surface area contributed by atoms with Crippen molar-refractivity contribution in [3.63, 3.8) is 0 Å². The maximum atomic E-state index is 12.5. The first kappa shape index (κ1) is 18.0. The van der Waals surface area contributed by atoms with Crippen LogP contribution in [0.2, 0.25) is 0 Å². The second kappa shape index (κ2) is 7.70. The van der Waals surface area contributed by atoms with Gasteiger partial charge in [0.1, 0.15) is 13.2 Å². The third-order valence-electron chi connectivity index (χ3n) is 4.12. The summed E-state index contributed by atoms with van der Waals surface area (Å²) < 4.78 is 12.0. The average Bonchev–Trinajstić information content (AvgIpc) is 3.09. The number of ether oxygens (including phenoxy) is 2. The smallest absolute Gasteiger partial charge is 0.228 e. The molecular weight excluding hydrogens is 428 g/mol. The number of benzene rings is 2. The van der Waals surface area contributed by atoms with Gasteiger partial charge in [0.2, 0.25) is 5.91 Å². The SMILES string of the molecule is Cc1nc(-c2cccc(NC(=O)Cc3cc4c(cc3Br)OCCO4)c2)cs1. The summed E-state index contributed by atoms with van der Waals surface area (Å²) >= 11 is 5.12. The molecular formula is C20H17BrN2O3S. The number of hydrogen-bond donors (Lipinski definition) is 1. The van der Waals surface area contributed by atoms with Crippen LogP contribution in [-0.2, 0) is 11.2 Å².